The van der Waals surface area contributed by atoms with Crippen LogP contribution in [-0.2, 0) is 30.3 Å². The van der Waals surface area contributed by atoms with E-state index in [1.165, 1.54) is 10.9 Å². The molecule has 1 aliphatic carbocycles. The summed E-state index contributed by atoms with van der Waals surface area (Å²) in [5.74, 6) is -0.816. The zero-order chi connectivity index (χ0) is 23.9. The molecule has 0 N–H and O–H groups in total. The van der Waals surface area contributed by atoms with Gasteiger partial charge < -0.3 is 14.2 Å². The van der Waals surface area contributed by atoms with E-state index in [1.54, 1.807) is 18.2 Å². The Balaban J connectivity index is 1.19. The summed E-state index contributed by atoms with van der Waals surface area (Å²) in [4.78, 5) is 41.4. The minimum atomic E-state index is -0.378. The van der Waals surface area contributed by atoms with Crippen molar-refractivity contribution in [1.82, 2.24) is 9.55 Å². The SMILES string of the molecule is C=C1C(=O)O[C@H]2[C@H]1CC/C(COC(=O)CCn1cnc3ccccc3c1=O)=C\CC[C@@]1(C)O[C@@H]21. The number of hydrogen-bond acceptors (Lipinski definition) is 7. The number of benzene rings is 1. The van der Waals surface area contributed by atoms with Gasteiger partial charge in [-0.3, -0.25) is 14.2 Å². The second kappa shape index (κ2) is 8.83. The zero-order valence-electron chi connectivity index (χ0n) is 19.2. The minimum Gasteiger partial charge on any atom is -0.461 e. The van der Waals surface area contributed by atoms with E-state index in [9.17, 15) is 14.4 Å². The fourth-order valence-electron chi connectivity index (χ4n) is 4.97. The molecule has 0 saturated carbocycles. The first-order valence-electron chi connectivity index (χ1n) is 11.7. The number of carbonyl (C=O) groups is 2. The van der Waals surface area contributed by atoms with Crippen LogP contribution in [0.5, 0.6) is 0 Å². The molecule has 8 heteroatoms. The number of nitrogens with zero attached hydrogens (tertiary/aromatic N) is 2. The van der Waals surface area contributed by atoms with Crippen molar-refractivity contribution in [2.75, 3.05) is 6.61 Å². The Bertz CT molecular complexity index is 1250. The lowest BCUT2D eigenvalue weighted by molar-refractivity contribution is -0.143. The Morgan fingerprint density at radius 2 is 2.15 bits per heavy atom. The number of para-hydroxylation sites is 1. The summed E-state index contributed by atoms with van der Waals surface area (Å²) in [7, 11) is 0. The molecule has 34 heavy (non-hydrogen) atoms. The average molecular weight is 465 g/mol. The molecule has 0 spiro atoms. The predicted molar refractivity (Wildman–Crippen MR) is 124 cm³/mol. The molecule has 2 aromatic rings. The van der Waals surface area contributed by atoms with E-state index >= 15 is 0 Å². The summed E-state index contributed by atoms with van der Waals surface area (Å²) in [6, 6.07) is 7.12. The molecular weight excluding hydrogens is 436 g/mol. The third-order valence-electron chi connectivity index (χ3n) is 7.15. The Hall–Kier alpha value is -3.26. The smallest absolute Gasteiger partial charge is 0.334 e. The van der Waals surface area contributed by atoms with E-state index in [0.29, 0.717) is 29.3 Å². The third kappa shape index (κ3) is 4.30. The Morgan fingerprint density at radius 1 is 1.32 bits per heavy atom. The highest BCUT2D eigenvalue weighted by Gasteiger charge is 2.61. The van der Waals surface area contributed by atoms with Gasteiger partial charge in [0.2, 0.25) is 0 Å². The van der Waals surface area contributed by atoms with Gasteiger partial charge in [-0.15, -0.1) is 0 Å². The van der Waals surface area contributed by atoms with Gasteiger partial charge in [0.05, 0.1) is 29.3 Å². The van der Waals surface area contributed by atoms with Gasteiger partial charge in [0.1, 0.15) is 18.8 Å². The molecule has 178 valence electrons. The summed E-state index contributed by atoms with van der Waals surface area (Å²) >= 11 is 0. The number of aromatic nitrogens is 2. The van der Waals surface area contributed by atoms with Crippen molar-refractivity contribution in [3.63, 3.8) is 0 Å². The number of ether oxygens (including phenoxy) is 3. The van der Waals surface area contributed by atoms with Crippen molar-refractivity contribution in [3.05, 3.63) is 64.7 Å². The second-order valence-corrected chi connectivity index (χ2v) is 9.46. The van der Waals surface area contributed by atoms with Crippen molar-refractivity contribution in [2.24, 2.45) is 5.92 Å². The average Bonchev–Trinajstić information content (AvgIpc) is 3.42. The van der Waals surface area contributed by atoms with Crippen LogP contribution in [-0.4, -0.2) is 45.9 Å². The molecule has 3 heterocycles. The van der Waals surface area contributed by atoms with Crippen molar-refractivity contribution in [2.45, 2.75) is 63.4 Å². The summed E-state index contributed by atoms with van der Waals surface area (Å²) in [5, 5.41) is 0.523. The van der Waals surface area contributed by atoms with Crippen molar-refractivity contribution in [1.29, 1.82) is 0 Å². The van der Waals surface area contributed by atoms with E-state index in [1.807, 2.05) is 13.0 Å². The van der Waals surface area contributed by atoms with Crippen LogP contribution in [0.4, 0.5) is 0 Å². The van der Waals surface area contributed by atoms with E-state index in [2.05, 4.69) is 17.6 Å². The molecule has 1 aromatic heterocycles. The highest BCUT2D eigenvalue weighted by molar-refractivity contribution is 5.91. The van der Waals surface area contributed by atoms with E-state index in [4.69, 9.17) is 14.2 Å². The van der Waals surface area contributed by atoms with Crippen LogP contribution in [0.15, 0.2) is 59.2 Å². The monoisotopic (exact) mass is 464 g/mol. The number of fused-ring (bicyclic) bond motifs is 4. The molecule has 3 aliphatic rings. The first-order chi connectivity index (χ1) is 16.4. The second-order valence-electron chi connectivity index (χ2n) is 9.46. The number of carbonyl (C=O) groups excluding carboxylic acids is 2. The molecule has 2 fully saturated rings. The first kappa shape index (κ1) is 22.5. The summed E-state index contributed by atoms with van der Waals surface area (Å²) in [6.07, 6.45) is 6.24. The molecule has 2 saturated heterocycles. The number of esters is 2. The number of hydrogen-bond donors (Lipinski definition) is 0. The zero-order valence-corrected chi connectivity index (χ0v) is 19.2. The van der Waals surface area contributed by atoms with E-state index in [-0.39, 0.29) is 60.8 Å². The van der Waals surface area contributed by atoms with E-state index in [0.717, 1.165) is 18.4 Å². The molecule has 5 rings (SSSR count). The van der Waals surface area contributed by atoms with Crippen LogP contribution in [0.2, 0.25) is 0 Å². The van der Waals surface area contributed by atoms with Crippen LogP contribution in [0.3, 0.4) is 0 Å². The van der Waals surface area contributed by atoms with Gasteiger partial charge in [0.15, 0.2) is 0 Å². The highest BCUT2D eigenvalue weighted by Crippen LogP contribution is 2.49. The van der Waals surface area contributed by atoms with Crippen LogP contribution in [0, 0.1) is 5.92 Å². The van der Waals surface area contributed by atoms with Gasteiger partial charge in [0, 0.05) is 18.0 Å². The predicted octanol–water partition coefficient (Wildman–Crippen LogP) is 3.09. The largest absolute Gasteiger partial charge is 0.461 e. The molecule has 1 aromatic carbocycles. The summed E-state index contributed by atoms with van der Waals surface area (Å²) in [5.41, 5.74) is 1.65. The van der Waals surface area contributed by atoms with Gasteiger partial charge in [-0.25, -0.2) is 9.78 Å². The summed E-state index contributed by atoms with van der Waals surface area (Å²) < 4.78 is 18.5. The van der Waals surface area contributed by atoms with Crippen molar-refractivity contribution in [3.8, 4) is 0 Å². The Labute approximate surface area is 197 Å². The lowest BCUT2D eigenvalue weighted by Crippen LogP contribution is -2.29. The van der Waals surface area contributed by atoms with Gasteiger partial charge in [-0.2, -0.15) is 0 Å². The van der Waals surface area contributed by atoms with Crippen LogP contribution in [0.1, 0.15) is 39.0 Å². The summed E-state index contributed by atoms with van der Waals surface area (Å²) in [6.45, 7) is 6.36. The molecule has 2 aliphatic heterocycles. The van der Waals surface area contributed by atoms with Gasteiger partial charge in [-0.1, -0.05) is 24.8 Å². The first-order valence-corrected chi connectivity index (χ1v) is 11.7. The molecule has 0 unspecified atom stereocenters. The Morgan fingerprint density at radius 3 is 3.00 bits per heavy atom. The molecule has 8 nitrogen and oxygen atoms in total. The van der Waals surface area contributed by atoms with Gasteiger partial charge in [0.25, 0.3) is 5.56 Å². The molecular formula is C26H28N2O6. The number of aryl methyl sites for hydroxylation is 1. The number of rotatable bonds is 5. The maximum atomic E-state index is 12.6. The maximum absolute atomic E-state index is 12.6. The third-order valence-corrected chi connectivity index (χ3v) is 7.15. The van der Waals surface area contributed by atoms with Crippen molar-refractivity contribution < 1.29 is 23.8 Å². The quantitative estimate of drug-likeness (QED) is 0.290. The van der Waals surface area contributed by atoms with Gasteiger partial charge in [-0.05, 0) is 50.3 Å². The van der Waals surface area contributed by atoms with Crippen molar-refractivity contribution >= 4 is 22.8 Å². The lowest BCUT2D eigenvalue weighted by Gasteiger charge is -2.20. The minimum absolute atomic E-state index is 0.0741. The van der Waals surface area contributed by atoms with Gasteiger partial charge >= 0.3 is 11.9 Å². The fourth-order valence-corrected chi connectivity index (χ4v) is 4.97. The molecule has 4 atom stereocenters. The molecule has 0 radical (unpaired) electrons. The standard InChI is InChI=1S/C26H28N2O6/c1-16-18-10-9-17(6-5-12-26(2)23(34-26)22(18)33-25(16)31)14-32-21(29)11-13-28-15-27-20-8-4-3-7-19(20)24(28)30/h3-4,6-8,15,18,22-23H,1,5,9-14H2,2H3/b17-6+/t18-,22-,23-,26+/m0/s1. The topological polar surface area (TPSA) is 100 Å². The number of epoxide rings is 1. The fraction of sp³-hybridized carbons (Fsp3) is 0.462. The highest BCUT2D eigenvalue weighted by atomic mass is 16.6. The van der Waals surface area contributed by atoms with Crippen LogP contribution < -0.4 is 5.56 Å². The Kier molecular flexibility index (Phi) is 5.85. The number of allylic oxidation sites excluding steroid dienone is 1. The van der Waals surface area contributed by atoms with Crippen LogP contribution >= 0.6 is 0 Å². The lowest BCUT2D eigenvalue weighted by atomic mass is 9.84. The molecule has 0 amide bonds. The maximum Gasteiger partial charge on any atom is 0.334 e. The molecule has 0 bridgehead atoms. The normalized spacial score (nSPS) is 30.0. The van der Waals surface area contributed by atoms with E-state index < -0.39 is 0 Å². The van der Waals surface area contributed by atoms with Crippen LogP contribution in [0.25, 0.3) is 10.9 Å².